The molecule has 62 valence electrons. The molecule has 3 atom stereocenters. The molecule has 2 rings (SSSR count). The van der Waals surface area contributed by atoms with Gasteiger partial charge in [0.15, 0.2) is 0 Å². The highest BCUT2D eigenvalue weighted by Crippen LogP contribution is 2.45. The fourth-order valence-electron chi connectivity index (χ4n) is 1.94. The van der Waals surface area contributed by atoms with E-state index in [1.54, 1.807) is 0 Å². The van der Waals surface area contributed by atoms with Crippen molar-refractivity contribution in [3.05, 3.63) is 0 Å². The van der Waals surface area contributed by atoms with E-state index < -0.39 is 0 Å². The number of esters is 1. The second-order valence-electron chi connectivity index (χ2n) is 3.45. The molecule has 3 nitrogen and oxygen atoms in total. The zero-order valence-electron chi connectivity index (χ0n) is 6.67. The van der Waals surface area contributed by atoms with E-state index in [9.17, 15) is 4.79 Å². The van der Waals surface area contributed by atoms with Crippen LogP contribution in [0.4, 0.5) is 0 Å². The predicted molar refractivity (Wildman–Crippen MR) is 40.0 cm³/mol. The van der Waals surface area contributed by atoms with Crippen LogP contribution in [0.1, 0.15) is 12.8 Å². The molecule has 11 heavy (non-hydrogen) atoms. The summed E-state index contributed by atoms with van der Waals surface area (Å²) in [5.41, 5.74) is 0. The van der Waals surface area contributed by atoms with Crippen LogP contribution in [0.3, 0.4) is 0 Å². The van der Waals surface area contributed by atoms with Crippen molar-refractivity contribution in [1.29, 1.82) is 0 Å². The summed E-state index contributed by atoms with van der Waals surface area (Å²) in [6.45, 7) is 1.10. The summed E-state index contributed by atoms with van der Waals surface area (Å²) in [4.78, 5) is 10.9. The van der Waals surface area contributed by atoms with Gasteiger partial charge in [-0.15, -0.1) is 0 Å². The van der Waals surface area contributed by atoms with Crippen molar-refractivity contribution in [2.24, 2.45) is 11.8 Å². The molecule has 3 heteroatoms. The Kier molecular flexibility index (Phi) is 1.60. The Balaban J connectivity index is 1.82. The van der Waals surface area contributed by atoms with E-state index in [1.165, 1.54) is 13.5 Å². The number of methoxy groups -OCH3 is 1. The van der Waals surface area contributed by atoms with Crippen LogP contribution in [0, 0.1) is 11.8 Å². The smallest absolute Gasteiger partial charge is 0.307 e. The third-order valence-electron chi connectivity index (χ3n) is 2.75. The van der Waals surface area contributed by atoms with Crippen LogP contribution in [-0.2, 0) is 9.53 Å². The van der Waals surface area contributed by atoms with Crippen LogP contribution in [0.15, 0.2) is 0 Å². The molecule has 1 saturated carbocycles. The van der Waals surface area contributed by atoms with E-state index in [0.717, 1.165) is 18.4 Å². The van der Waals surface area contributed by atoms with Gasteiger partial charge in [-0.3, -0.25) is 4.79 Å². The molecule has 3 unspecified atom stereocenters. The zero-order chi connectivity index (χ0) is 7.84. The van der Waals surface area contributed by atoms with Gasteiger partial charge in [0.05, 0.1) is 13.5 Å². The van der Waals surface area contributed by atoms with Crippen LogP contribution >= 0.6 is 0 Å². The lowest BCUT2D eigenvalue weighted by Crippen LogP contribution is -2.29. The first-order valence-electron chi connectivity index (χ1n) is 4.11. The molecular weight excluding hydrogens is 142 g/mol. The molecule has 0 aromatic rings. The van der Waals surface area contributed by atoms with Gasteiger partial charge in [0.1, 0.15) is 0 Å². The molecule has 0 spiro atoms. The summed E-state index contributed by atoms with van der Waals surface area (Å²) in [5, 5.41) is 3.32. The van der Waals surface area contributed by atoms with E-state index in [2.05, 4.69) is 10.1 Å². The van der Waals surface area contributed by atoms with E-state index in [-0.39, 0.29) is 5.97 Å². The second-order valence-corrected chi connectivity index (χ2v) is 3.45. The van der Waals surface area contributed by atoms with Crippen LogP contribution in [0.2, 0.25) is 0 Å². The monoisotopic (exact) mass is 155 g/mol. The van der Waals surface area contributed by atoms with Gasteiger partial charge in [-0.1, -0.05) is 0 Å². The highest BCUT2D eigenvalue weighted by molar-refractivity contribution is 5.70. The number of carbonyl (C=O) groups excluding carboxylic acids is 1. The third kappa shape index (κ3) is 1.25. The summed E-state index contributed by atoms with van der Waals surface area (Å²) >= 11 is 0. The molecule has 0 amide bonds. The quantitative estimate of drug-likeness (QED) is 0.577. The first kappa shape index (κ1) is 7.10. The molecule has 0 aromatic heterocycles. The summed E-state index contributed by atoms with van der Waals surface area (Å²) in [6, 6.07) is 0.410. The average Bonchev–Trinajstić information content (AvgIpc) is 2.70. The molecule has 2 aliphatic rings. The Morgan fingerprint density at radius 1 is 1.73 bits per heavy atom. The maximum absolute atomic E-state index is 10.9. The van der Waals surface area contributed by atoms with E-state index in [0.29, 0.717) is 12.5 Å². The topological polar surface area (TPSA) is 38.3 Å². The van der Waals surface area contributed by atoms with E-state index in [1.807, 2.05) is 0 Å². The Morgan fingerprint density at radius 2 is 2.55 bits per heavy atom. The fraction of sp³-hybridized carbons (Fsp3) is 0.875. The molecule has 1 N–H and O–H groups in total. The number of rotatable bonds is 2. The fourth-order valence-corrected chi connectivity index (χ4v) is 1.94. The number of ether oxygens (including phenoxy) is 1. The third-order valence-corrected chi connectivity index (χ3v) is 2.75. The molecule has 1 heterocycles. The van der Waals surface area contributed by atoms with Crippen LogP contribution in [-0.4, -0.2) is 25.7 Å². The zero-order valence-corrected chi connectivity index (χ0v) is 6.67. The van der Waals surface area contributed by atoms with Gasteiger partial charge >= 0.3 is 5.97 Å². The minimum Gasteiger partial charge on any atom is -0.469 e. The lowest BCUT2D eigenvalue weighted by molar-refractivity contribution is -0.141. The minimum absolute atomic E-state index is 0.0879. The van der Waals surface area contributed by atoms with Crippen molar-refractivity contribution in [2.75, 3.05) is 13.7 Å². The molecule has 1 aliphatic heterocycles. The largest absolute Gasteiger partial charge is 0.469 e. The maximum atomic E-state index is 10.9. The van der Waals surface area contributed by atoms with Gasteiger partial charge in [-0.2, -0.15) is 0 Å². The maximum Gasteiger partial charge on any atom is 0.307 e. The Bertz CT molecular complexity index is 181. The number of carbonyl (C=O) groups is 1. The van der Waals surface area contributed by atoms with E-state index >= 15 is 0 Å². The summed E-state index contributed by atoms with van der Waals surface area (Å²) in [5.74, 6) is 1.55. The van der Waals surface area contributed by atoms with Crippen molar-refractivity contribution in [2.45, 2.75) is 18.9 Å². The van der Waals surface area contributed by atoms with Gasteiger partial charge in [0, 0.05) is 6.04 Å². The molecule has 0 bridgehead atoms. The number of nitrogens with one attached hydrogen (secondary N) is 1. The minimum atomic E-state index is -0.0879. The van der Waals surface area contributed by atoms with Crippen molar-refractivity contribution in [1.82, 2.24) is 5.32 Å². The van der Waals surface area contributed by atoms with E-state index in [4.69, 9.17) is 0 Å². The van der Waals surface area contributed by atoms with Crippen LogP contribution < -0.4 is 5.32 Å². The first-order chi connectivity index (χ1) is 5.31. The van der Waals surface area contributed by atoms with Gasteiger partial charge in [0.25, 0.3) is 0 Å². The van der Waals surface area contributed by atoms with Gasteiger partial charge in [-0.05, 0) is 24.8 Å². The lowest BCUT2D eigenvalue weighted by atomic mass is 10.1. The standard InChI is InChI=1S/C8H13NO2/c1-11-8(10)3-7-6-2-5(6)4-9-7/h5-7,9H,2-4H2,1H3. The number of piperidine rings is 1. The van der Waals surface area contributed by atoms with Crippen molar-refractivity contribution < 1.29 is 9.53 Å². The summed E-state index contributed by atoms with van der Waals surface area (Å²) < 4.78 is 4.60. The van der Waals surface area contributed by atoms with Crippen LogP contribution in [0.5, 0.6) is 0 Å². The number of hydrogen-bond acceptors (Lipinski definition) is 3. The molecular formula is C8H13NO2. The average molecular weight is 155 g/mol. The van der Waals surface area contributed by atoms with Gasteiger partial charge in [0.2, 0.25) is 0 Å². The number of hydrogen-bond donors (Lipinski definition) is 1. The number of fused-ring (bicyclic) bond motifs is 1. The highest BCUT2D eigenvalue weighted by Gasteiger charge is 2.48. The first-order valence-corrected chi connectivity index (χ1v) is 4.11. The normalized spacial score (nSPS) is 39.9. The van der Waals surface area contributed by atoms with Gasteiger partial charge in [-0.25, -0.2) is 0 Å². The molecule has 1 aliphatic carbocycles. The SMILES string of the molecule is COC(=O)CC1NCC2CC21. The van der Waals surface area contributed by atoms with Gasteiger partial charge < -0.3 is 10.1 Å². The Labute approximate surface area is 66.1 Å². The molecule has 1 saturated heterocycles. The Morgan fingerprint density at radius 3 is 3.00 bits per heavy atom. The Hall–Kier alpha value is -0.570. The molecule has 2 fully saturated rings. The molecule has 0 aromatic carbocycles. The second kappa shape index (κ2) is 2.48. The van der Waals surface area contributed by atoms with Crippen molar-refractivity contribution in [3.8, 4) is 0 Å². The summed E-state index contributed by atoms with van der Waals surface area (Å²) in [7, 11) is 1.45. The van der Waals surface area contributed by atoms with Crippen LogP contribution in [0.25, 0.3) is 0 Å². The van der Waals surface area contributed by atoms with Crippen molar-refractivity contribution >= 4 is 5.97 Å². The predicted octanol–water partition coefficient (Wildman–Crippen LogP) is 0.157. The highest BCUT2D eigenvalue weighted by atomic mass is 16.5. The molecule has 0 radical (unpaired) electrons. The lowest BCUT2D eigenvalue weighted by Gasteiger charge is -2.10. The summed E-state index contributed by atoms with van der Waals surface area (Å²) in [6.07, 6.45) is 1.87. The van der Waals surface area contributed by atoms with Crippen molar-refractivity contribution in [3.63, 3.8) is 0 Å².